The molecule has 5 aliphatic carbocycles. The summed E-state index contributed by atoms with van der Waals surface area (Å²) in [6, 6.07) is 0. The average Bonchev–Trinajstić information content (AvgIpc) is 2.90. The van der Waals surface area contributed by atoms with Crippen molar-refractivity contribution in [1.82, 2.24) is 10.6 Å². The number of allylic oxidation sites excluding steroid dienone is 7. The molecule has 5 aliphatic rings. The zero-order chi connectivity index (χ0) is 29.3. The van der Waals surface area contributed by atoms with Gasteiger partial charge in [-0.15, -0.1) is 0 Å². The van der Waals surface area contributed by atoms with Crippen LogP contribution in [-0.2, 0) is 19.1 Å². The minimum atomic E-state index is -0.611. The lowest BCUT2D eigenvalue weighted by Crippen LogP contribution is -2.64. The molecule has 0 bridgehead atoms. The van der Waals surface area contributed by atoms with E-state index >= 15 is 0 Å². The largest absolute Gasteiger partial charge is 0.504 e. The highest BCUT2D eigenvalue weighted by atomic mass is 16.5. The number of aliphatic hydroxyl groups is 1. The molecule has 0 aromatic heterocycles. The molecule has 0 radical (unpaired) electrons. The number of rotatable bonds is 4. The number of amides is 2. The zero-order valence-corrected chi connectivity index (χ0v) is 25.3. The van der Waals surface area contributed by atoms with Gasteiger partial charge in [0.05, 0.1) is 6.61 Å². The molecule has 5 unspecified atom stereocenters. The first-order chi connectivity index (χ1) is 18.6. The van der Waals surface area contributed by atoms with Crippen LogP contribution in [0, 0.1) is 27.6 Å². The lowest BCUT2D eigenvalue weighted by atomic mass is 9.35. The smallest absolute Gasteiger partial charge is 0.309 e. The van der Waals surface area contributed by atoms with Crippen LogP contribution in [0.15, 0.2) is 46.3 Å². The van der Waals surface area contributed by atoms with E-state index in [1.54, 1.807) is 13.2 Å². The highest BCUT2D eigenvalue weighted by Gasteiger charge is 2.66. The van der Waals surface area contributed by atoms with Crippen LogP contribution in [0.4, 0.5) is 0 Å². The number of hydrogen-bond donors (Lipinski definition) is 3. The Kier molecular flexibility index (Phi) is 6.80. The van der Waals surface area contributed by atoms with Crippen LogP contribution in [0.2, 0.25) is 0 Å². The fourth-order valence-corrected chi connectivity index (χ4v) is 9.25. The van der Waals surface area contributed by atoms with Crippen LogP contribution in [0.1, 0.15) is 86.5 Å². The van der Waals surface area contributed by atoms with Gasteiger partial charge in [-0.25, -0.2) is 0 Å². The Morgan fingerprint density at radius 1 is 1.00 bits per heavy atom. The van der Waals surface area contributed by atoms with Crippen LogP contribution in [0.3, 0.4) is 0 Å². The Hall–Kier alpha value is -2.67. The Balaban J connectivity index is 1.47. The number of methoxy groups -OCH3 is 1. The topological polar surface area (TPSA) is 105 Å². The summed E-state index contributed by atoms with van der Waals surface area (Å²) in [5.41, 5.74) is 3.40. The molecule has 0 spiro atoms. The highest BCUT2D eigenvalue weighted by molar-refractivity contribution is 6.35. The first kappa shape index (κ1) is 28.8. The second-order valence-corrected chi connectivity index (χ2v) is 14.3. The fraction of sp³-hybridized carbons (Fsp3) is 0.667. The third-order valence-corrected chi connectivity index (χ3v) is 12.1. The van der Waals surface area contributed by atoms with Gasteiger partial charge in [-0.05, 0) is 98.2 Å². The first-order valence-electron chi connectivity index (χ1n) is 14.8. The van der Waals surface area contributed by atoms with E-state index in [9.17, 15) is 19.5 Å². The van der Waals surface area contributed by atoms with Crippen LogP contribution < -0.4 is 10.6 Å². The van der Waals surface area contributed by atoms with Crippen LogP contribution in [0.5, 0.6) is 0 Å². The molecule has 0 aromatic rings. The summed E-state index contributed by atoms with van der Waals surface area (Å²) in [6.45, 7) is 14.2. The predicted octanol–water partition coefficient (Wildman–Crippen LogP) is 5.24. The SMILES string of the molecule is COCCNC(=O)C(=O)NC1(C)CCC2(C)CCC3(C)C4=CC=C5C(=CC(=O)C(O)=C5C)C4(C)CC[C@@]3(C)C2C1. The van der Waals surface area contributed by atoms with Gasteiger partial charge in [-0.3, -0.25) is 14.4 Å². The summed E-state index contributed by atoms with van der Waals surface area (Å²) in [5, 5.41) is 16.1. The number of nitrogens with one attached hydrogen (secondary N) is 2. The summed E-state index contributed by atoms with van der Waals surface area (Å²) in [7, 11) is 1.56. The van der Waals surface area contributed by atoms with E-state index in [0.29, 0.717) is 24.6 Å². The van der Waals surface area contributed by atoms with Crippen molar-refractivity contribution in [3.63, 3.8) is 0 Å². The molecule has 0 saturated heterocycles. The van der Waals surface area contributed by atoms with E-state index < -0.39 is 17.4 Å². The van der Waals surface area contributed by atoms with Crippen molar-refractivity contribution in [3.8, 4) is 0 Å². The number of ether oxygens (including phenoxy) is 1. The molecule has 3 fully saturated rings. The monoisotopic (exact) mass is 550 g/mol. The van der Waals surface area contributed by atoms with Crippen molar-refractivity contribution >= 4 is 17.6 Å². The number of hydrogen-bond acceptors (Lipinski definition) is 5. The molecule has 0 aliphatic heterocycles. The Morgan fingerprint density at radius 3 is 2.40 bits per heavy atom. The second kappa shape index (κ2) is 9.43. The minimum absolute atomic E-state index is 0.0178. The Bertz CT molecular complexity index is 1290. The normalized spacial score (nSPS) is 40.4. The summed E-state index contributed by atoms with van der Waals surface area (Å²) < 4.78 is 4.98. The fourth-order valence-electron chi connectivity index (χ4n) is 9.25. The quantitative estimate of drug-likeness (QED) is 0.328. The number of carbonyl (C=O) groups excluding carboxylic acids is 3. The molecule has 7 heteroatoms. The van der Waals surface area contributed by atoms with E-state index in [1.165, 1.54) is 5.57 Å². The lowest BCUT2D eigenvalue weighted by molar-refractivity contribution is -0.157. The number of carbonyl (C=O) groups is 3. The summed E-state index contributed by atoms with van der Waals surface area (Å²) in [6.07, 6.45) is 12.9. The average molecular weight is 551 g/mol. The number of fused-ring (bicyclic) bond motifs is 7. The van der Waals surface area contributed by atoms with Gasteiger partial charge in [-0.2, -0.15) is 0 Å². The van der Waals surface area contributed by atoms with Gasteiger partial charge < -0.3 is 20.5 Å². The van der Waals surface area contributed by atoms with Gasteiger partial charge >= 0.3 is 11.8 Å². The van der Waals surface area contributed by atoms with E-state index in [-0.39, 0.29) is 33.2 Å². The third-order valence-electron chi connectivity index (χ3n) is 12.1. The van der Waals surface area contributed by atoms with Crippen molar-refractivity contribution in [2.75, 3.05) is 20.3 Å². The Labute approximate surface area is 238 Å². The molecule has 3 saturated carbocycles. The maximum atomic E-state index is 12.9. The van der Waals surface area contributed by atoms with Crippen molar-refractivity contribution < 1.29 is 24.2 Å². The molecular formula is C33H46N2O5. The first-order valence-corrected chi connectivity index (χ1v) is 14.8. The molecule has 0 heterocycles. The summed E-state index contributed by atoms with van der Waals surface area (Å²) >= 11 is 0. The maximum absolute atomic E-state index is 12.9. The molecule has 0 aromatic carbocycles. The van der Waals surface area contributed by atoms with Crippen molar-refractivity contribution in [1.29, 1.82) is 0 Å². The third kappa shape index (κ3) is 4.06. The van der Waals surface area contributed by atoms with Gasteiger partial charge in [-0.1, -0.05) is 45.4 Å². The maximum Gasteiger partial charge on any atom is 0.309 e. The highest BCUT2D eigenvalue weighted by Crippen LogP contribution is 2.75. The Morgan fingerprint density at radius 2 is 1.70 bits per heavy atom. The van der Waals surface area contributed by atoms with Crippen molar-refractivity contribution in [2.24, 2.45) is 27.6 Å². The number of aliphatic hydroxyl groups excluding tert-OH is 1. The summed E-state index contributed by atoms with van der Waals surface area (Å²) in [5.74, 6) is -1.27. The lowest BCUT2D eigenvalue weighted by Gasteiger charge is -2.70. The van der Waals surface area contributed by atoms with E-state index in [1.807, 2.05) is 6.92 Å². The minimum Gasteiger partial charge on any atom is -0.504 e. The van der Waals surface area contributed by atoms with Crippen molar-refractivity contribution in [2.45, 2.75) is 92.0 Å². The van der Waals surface area contributed by atoms with Gasteiger partial charge in [0.2, 0.25) is 5.78 Å². The van der Waals surface area contributed by atoms with Crippen LogP contribution in [-0.4, -0.2) is 48.5 Å². The molecule has 3 N–H and O–H groups in total. The molecule has 218 valence electrons. The summed E-state index contributed by atoms with van der Waals surface area (Å²) in [4.78, 5) is 38.1. The standard InChI is InChI=1S/C33H46N2O5/c1-20-21-8-9-24-31(4,22(21)18-23(36)26(20)37)13-15-33(6)25-19-30(3,35-28(39)27(38)34-16-17-40-7)12-10-29(25,2)11-14-32(24,33)5/h8-9,18,25,37H,10-17,19H2,1-7H3,(H,34,38)(H,35,39)/t25?,29?,30?,31?,32?,33-/m0/s1. The second-order valence-electron chi connectivity index (χ2n) is 14.3. The number of ketones is 1. The van der Waals surface area contributed by atoms with Crippen LogP contribution in [0.25, 0.3) is 0 Å². The molecular weight excluding hydrogens is 504 g/mol. The van der Waals surface area contributed by atoms with E-state index in [0.717, 1.165) is 56.1 Å². The van der Waals surface area contributed by atoms with Gasteiger partial charge in [0.15, 0.2) is 5.76 Å². The van der Waals surface area contributed by atoms with Gasteiger partial charge in [0, 0.05) is 30.2 Å². The van der Waals surface area contributed by atoms with Gasteiger partial charge in [0.25, 0.3) is 0 Å². The van der Waals surface area contributed by atoms with E-state index in [2.05, 4.69) is 57.4 Å². The molecule has 6 atom stereocenters. The van der Waals surface area contributed by atoms with Crippen LogP contribution >= 0.6 is 0 Å². The van der Waals surface area contributed by atoms with Gasteiger partial charge in [0.1, 0.15) is 0 Å². The molecule has 40 heavy (non-hydrogen) atoms. The predicted molar refractivity (Wildman–Crippen MR) is 154 cm³/mol. The molecule has 2 amide bonds. The molecule has 5 rings (SSSR count). The molecule has 7 nitrogen and oxygen atoms in total. The van der Waals surface area contributed by atoms with E-state index in [4.69, 9.17) is 4.74 Å². The zero-order valence-electron chi connectivity index (χ0n) is 25.3. The van der Waals surface area contributed by atoms with Crippen molar-refractivity contribution in [3.05, 3.63) is 46.3 Å².